The highest BCUT2D eigenvalue weighted by Gasteiger charge is 2.48. The van der Waals surface area contributed by atoms with Crippen LogP contribution >= 0.6 is 11.6 Å². The van der Waals surface area contributed by atoms with Crippen LogP contribution in [0.5, 0.6) is 17.2 Å². The van der Waals surface area contributed by atoms with Crippen molar-refractivity contribution in [3.05, 3.63) is 46.5 Å². The highest BCUT2D eigenvalue weighted by Crippen LogP contribution is 2.52. The van der Waals surface area contributed by atoms with E-state index < -0.39 is 24.1 Å². The van der Waals surface area contributed by atoms with E-state index in [2.05, 4.69) is 0 Å². The average Bonchev–Trinajstić information content (AvgIpc) is 3.38. The number of carbonyl (C=O) groups is 3. The first-order valence-electron chi connectivity index (χ1n) is 13.9. The quantitative estimate of drug-likeness (QED) is 0.562. The Morgan fingerprint density at radius 1 is 1.10 bits per heavy atom. The van der Waals surface area contributed by atoms with Crippen molar-refractivity contribution in [2.75, 3.05) is 31.4 Å². The van der Waals surface area contributed by atoms with Crippen molar-refractivity contribution in [1.82, 2.24) is 4.90 Å². The number of carbonyl (C=O) groups excluding carboxylic acids is 2. The molecule has 4 aliphatic rings. The Balaban J connectivity index is 1.45. The van der Waals surface area contributed by atoms with Crippen molar-refractivity contribution in [3.8, 4) is 17.2 Å². The number of para-hydroxylation sites is 1. The number of hydrogen-bond acceptors (Lipinski definition) is 7. The molecule has 6 rings (SSSR count). The third-order valence-electron chi connectivity index (χ3n) is 8.31. The number of carboxylic acid groups (broad SMARTS) is 1. The Bertz CT molecular complexity index is 1410. The molecule has 0 radical (unpaired) electrons. The summed E-state index contributed by atoms with van der Waals surface area (Å²) in [6.45, 7) is 6.95. The number of rotatable bonds is 4. The van der Waals surface area contributed by atoms with Gasteiger partial charge in [0.1, 0.15) is 24.6 Å². The number of halogens is 1. The molecule has 2 aromatic carbocycles. The van der Waals surface area contributed by atoms with E-state index in [9.17, 15) is 19.5 Å². The highest BCUT2D eigenvalue weighted by molar-refractivity contribution is 6.31. The van der Waals surface area contributed by atoms with Crippen LogP contribution in [0.1, 0.15) is 57.3 Å². The molecule has 2 amide bonds. The molecule has 1 fully saturated rings. The van der Waals surface area contributed by atoms with Gasteiger partial charge in [0.15, 0.2) is 11.5 Å². The molecule has 4 atom stereocenters. The molecule has 1 N–H and O–H groups in total. The first-order chi connectivity index (χ1) is 19.5. The number of piperidine rings is 1. The lowest BCUT2D eigenvalue weighted by Gasteiger charge is -2.44. The number of fused-ring (bicyclic) bond motifs is 1. The number of carboxylic acids is 1. The van der Waals surface area contributed by atoms with Crippen LogP contribution in [-0.4, -0.2) is 66.4 Å². The highest BCUT2D eigenvalue weighted by atomic mass is 35.5. The number of likely N-dealkylation sites (tertiary alicyclic amines) is 1. The lowest BCUT2D eigenvalue weighted by molar-refractivity contribution is -0.149. The monoisotopic (exact) mass is 584 g/mol. The molecule has 4 heterocycles. The van der Waals surface area contributed by atoms with Crippen LogP contribution in [0, 0.1) is 11.3 Å². The molecule has 0 saturated carbocycles. The maximum Gasteiger partial charge on any atom is 0.308 e. The van der Waals surface area contributed by atoms with Gasteiger partial charge in [-0.2, -0.15) is 0 Å². The van der Waals surface area contributed by atoms with Crippen LogP contribution in [0.25, 0.3) is 0 Å². The molecule has 2 aromatic rings. The van der Waals surface area contributed by atoms with Crippen LogP contribution in [0.2, 0.25) is 5.02 Å². The average molecular weight is 585 g/mol. The van der Waals surface area contributed by atoms with E-state index in [1.165, 1.54) is 4.90 Å². The first kappa shape index (κ1) is 27.7. The first-order valence-corrected chi connectivity index (χ1v) is 14.2. The second kappa shape index (κ2) is 10.4. The fourth-order valence-electron chi connectivity index (χ4n) is 6.14. The Labute approximate surface area is 243 Å². The summed E-state index contributed by atoms with van der Waals surface area (Å²) in [7, 11) is 0. The van der Waals surface area contributed by atoms with E-state index in [-0.39, 0.29) is 49.6 Å². The Hall–Kier alpha value is -3.50. The van der Waals surface area contributed by atoms with E-state index >= 15 is 0 Å². The van der Waals surface area contributed by atoms with Crippen LogP contribution in [0.3, 0.4) is 0 Å². The zero-order valence-corrected chi connectivity index (χ0v) is 24.0. The van der Waals surface area contributed by atoms with E-state index in [4.69, 9.17) is 30.5 Å². The van der Waals surface area contributed by atoms with Crippen LogP contribution < -0.4 is 19.1 Å². The number of hydrogen-bond donors (Lipinski definition) is 1. The van der Waals surface area contributed by atoms with Crippen molar-refractivity contribution in [3.63, 3.8) is 0 Å². The Kier molecular flexibility index (Phi) is 7.02. The van der Waals surface area contributed by atoms with Gasteiger partial charge in [-0.15, -0.1) is 0 Å². The fourth-order valence-corrected chi connectivity index (χ4v) is 6.36. The molecule has 0 aromatic heterocycles. The number of ether oxygens (including phenoxy) is 4. The van der Waals surface area contributed by atoms with Crippen molar-refractivity contribution < 1.29 is 38.4 Å². The van der Waals surface area contributed by atoms with Crippen molar-refractivity contribution in [2.24, 2.45) is 11.3 Å². The second-order valence-corrected chi connectivity index (χ2v) is 12.5. The predicted molar refractivity (Wildman–Crippen MR) is 149 cm³/mol. The summed E-state index contributed by atoms with van der Waals surface area (Å²) in [6.07, 6.45) is -1.12. The predicted octanol–water partition coefficient (Wildman–Crippen LogP) is 4.41. The third kappa shape index (κ3) is 4.97. The normalized spacial score (nSPS) is 25.3. The zero-order chi connectivity index (χ0) is 29.1. The molecule has 11 heteroatoms. The zero-order valence-electron chi connectivity index (χ0n) is 23.2. The van der Waals surface area contributed by atoms with Crippen molar-refractivity contribution >= 4 is 35.1 Å². The Morgan fingerprint density at radius 2 is 1.90 bits per heavy atom. The van der Waals surface area contributed by atoms with Gasteiger partial charge >= 0.3 is 5.97 Å². The van der Waals surface area contributed by atoms with E-state index in [0.717, 1.165) is 0 Å². The topological polar surface area (TPSA) is 115 Å². The second-order valence-electron chi connectivity index (χ2n) is 12.0. The lowest BCUT2D eigenvalue weighted by Crippen LogP contribution is -2.56. The fraction of sp³-hybridized carbons (Fsp3) is 0.500. The lowest BCUT2D eigenvalue weighted by atomic mass is 9.84. The molecular weight excluding hydrogens is 552 g/mol. The van der Waals surface area contributed by atoms with E-state index in [1.807, 2.05) is 32.9 Å². The molecule has 10 nitrogen and oxygen atoms in total. The summed E-state index contributed by atoms with van der Waals surface area (Å²) in [5.41, 5.74) is 1.45. The minimum atomic E-state index is -1.15. The molecule has 0 aliphatic carbocycles. The molecule has 1 unspecified atom stereocenters. The third-order valence-corrected chi connectivity index (χ3v) is 8.52. The Morgan fingerprint density at radius 3 is 2.66 bits per heavy atom. The minimum Gasteiger partial charge on any atom is -0.489 e. The van der Waals surface area contributed by atoms with Crippen LogP contribution in [0.4, 0.5) is 5.69 Å². The summed E-state index contributed by atoms with van der Waals surface area (Å²) in [5, 5.41) is 9.95. The van der Waals surface area contributed by atoms with Crippen molar-refractivity contribution in [1.29, 1.82) is 0 Å². The molecule has 1 saturated heterocycles. The van der Waals surface area contributed by atoms with Gasteiger partial charge < -0.3 is 29.0 Å². The summed E-state index contributed by atoms with van der Waals surface area (Å²) in [6, 6.07) is 8.56. The molecule has 0 bridgehead atoms. The summed E-state index contributed by atoms with van der Waals surface area (Å²) in [5.74, 6) is -0.715. The van der Waals surface area contributed by atoms with Crippen LogP contribution in [-0.2, 0) is 19.1 Å². The molecule has 0 spiro atoms. The number of benzene rings is 2. The van der Waals surface area contributed by atoms with Gasteiger partial charge in [-0.05, 0) is 30.4 Å². The van der Waals surface area contributed by atoms with Gasteiger partial charge in [0, 0.05) is 35.3 Å². The number of nitrogens with zero attached hydrogens (tertiary/aromatic N) is 2. The standard InChI is InChI=1S/C30H33ClN2O8/c1-30(2,3)23-14-38-21-11-17(31)10-19-25(21)33(23)28(35)22(12-24(34)32-9-5-6-16(13-32)29(36)37)41-26(19)18-7-4-8-20-27(18)40-15-39-20/h4,7-8,10-11,16,22-23,26H,5-6,9,12-15H2,1-3H3,(H,36,37)/t16?,22-,23+,26-/m1/s1. The van der Waals surface area contributed by atoms with Gasteiger partial charge in [-0.3, -0.25) is 19.3 Å². The summed E-state index contributed by atoms with van der Waals surface area (Å²) >= 11 is 6.58. The van der Waals surface area contributed by atoms with Gasteiger partial charge in [-0.25, -0.2) is 0 Å². The largest absolute Gasteiger partial charge is 0.489 e. The maximum absolute atomic E-state index is 14.5. The molecular formula is C30H33ClN2O8. The minimum absolute atomic E-state index is 0.0502. The number of aliphatic carboxylic acids is 1. The number of anilines is 1. The molecule has 218 valence electrons. The van der Waals surface area contributed by atoms with E-state index in [1.54, 1.807) is 23.1 Å². The SMILES string of the molecule is CC(C)(C)[C@@H]1COc2cc(Cl)cc3c2N1C(=O)[C@@H](CC(=O)N1CCCC(C(=O)O)C1)O[C@@H]3c1cccc2c1OCO2. The van der Waals surface area contributed by atoms with Gasteiger partial charge in [0.2, 0.25) is 12.7 Å². The molecule has 4 aliphatic heterocycles. The maximum atomic E-state index is 14.5. The van der Waals surface area contributed by atoms with Gasteiger partial charge in [0.05, 0.1) is 24.1 Å². The smallest absolute Gasteiger partial charge is 0.308 e. The van der Waals surface area contributed by atoms with Gasteiger partial charge in [-0.1, -0.05) is 44.5 Å². The van der Waals surface area contributed by atoms with Crippen molar-refractivity contribution in [2.45, 2.75) is 58.3 Å². The van der Waals surface area contributed by atoms with Crippen LogP contribution in [0.15, 0.2) is 30.3 Å². The summed E-state index contributed by atoms with van der Waals surface area (Å²) in [4.78, 5) is 42.9. The van der Waals surface area contributed by atoms with E-state index in [0.29, 0.717) is 58.5 Å². The molecule has 41 heavy (non-hydrogen) atoms. The van der Waals surface area contributed by atoms with Gasteiger partial charge in [0.25, 0.3) is 5.91 Å². The summed E-state index contributed by atoms with van der Waals surface area (Å²) < 4.78 is 24.3. The number of amides is 2.